The van der Waals surface area contributed by atoms with Crippen LogP contribution < -0.4 is 0 Å². The van der Waals surface area contributed by atoms with Gasteiger partial charge in [0.25, 0.3) is 0 Å². The van der Waals surface area contributed by atoms with Crippen LogP contribution in [0, 0.1) is 11.3 Å². The molecule has 2 heterocycles. The van der Waals surface area contributed by atoms with Crippen LogP contribution in [-0.2, 0) is 9.84 Å². The van der Waals surface area contributed by atoms with E-state index in [-0.39, 0.29) is 16.8 Å². The topological polar surface area (TPSA) is 70.8 Å². The number of hydrogen-bond donors (Lipinski definition) is 0. The van der Waals surface area contributed by atoms with Gasteiger partial charge in [0, 0.05) is 16.4 Å². The van der Waals surface area contributed by atoms with E-state index in [1.54, 1.807) is 0 Å². The van der Waals surface area contributed by atoms with Crippen LogP contribution in [0.15, 0.2) is 71.8 Å². The van der Waals surface area contributed by atoms with E-state index in [0.29, 0.717) is 17.0 Å². The van der Waals surface area contributed by atoms with Gasteiger partial charge in [-0.25, -0.2) is 13.4 Å². The molecule has 4 nitrogen and oxygen atoms in total. The Bertz CT molecular complexity index is 1140. The van der Waals surface area contributed by atoms with Gasteiger partial charge in [0.15, 0.2) is 9.84 Å². The van der Waals surface area contributed by atoms with Gasteiger partial charge < -0.3 is 0 Å². The van der Waals surface area contributed by atoms with Gasteiger partial charge >= 0.3 is 0 Å². The minimum atomic E-state index is -2.99. The third-order valence-electron chi connectivity index (χ3n) is 4.72. The molecule has 1 fully saturated rings. The molecule has 1 aromatic heterocycles. The molecular weight excluding hydrogens is 388 g/mol. The van der Waals surface area contributed by atoms with Gasteiger partial charge in [-0.15, -0.1) is 11.8 Å². The van der Waals surface area contributed by atoms with Gasteiger partial charge in [-0.3, -0.25) is 0 Å². The van der Waals surface area contributed by atoms with Crippen molar-refractivity contribution < 1.29 is 8.42 Å². The Hall–Kier alpha value is -2.62. The predicted octanol–water partition coefficient (Wildman–Crippen LogP) is 4.57. The fourth-order valence-electron chi connectivity index (χ4n) is 3.33. The van der Waals surface area contributed by atoms with E-state index in [0.717, 1.165) is 22.4 Å². The molecule has 1 unspecified atom stereocenters. The highest BCUT2D eigenvalue weighted by molar-refractivity contribution is 8.01. The zero-order chi connectivity index (χ0) is 19.6. The fraction of sp³-hybridized carbons (Fsp3) is 0.182. The first-order valence-corrected chi connectivity index (χ1v) is 11.7. The van der Waals surface area contributed by atoms with E-state index in [9.17, 15) is 13.7 Å². The summed E-state index contributed by atoms with van der Waals surface area (Å²) in [5.74, 6) is 0.344. The Morgan fingerprint density at radius 1 is 1.00 bits per heavy atom. The first kappa shape index (κ1) is 18.7. The third kappa shape index (κ3) is 3.96. The molecule has 1 aliphatic heterocycles. The van der Waals surface area contributed by atoms with Crippen molar-refractivity contribution in [1.82, 2.24) is 4.98 Å². The highest BCUT2D eigenvalue weighted by Gasteiger charge is 2.30. The quantitative estimate of drug-likeness (QED) is 0.635. The summed E-state index contributed by atoms with van der Waals surface area (Å²) in [4.78, 5) is 4.76. The van der Waals surface area contributed by atoms with E-state index in [1.165, 1.54) is 11.8 Å². The molecule has 0 bridgehead atoms. The molecule has 3 aromatic rings. The van der Waals surface area contributed by atoms with Crippen molar-refractivity contribution in [1.29, 1.82) is 5.26 Å². The monoisotopic (exact) mass is 406 g/mol. The van der Waals surface area contributed by atoms with Crippen LogP contribution in [0.25, 0.3) is 22.4 Å². The van der Waals surface area contributed by atoms with Crippen LogP contribution >= 0.6 is 11.8 Å². The molecule has 0 amide bonds. The Kier molecular flexibility index (Phi) is 5.21. The zero-order valence-corrected chi connectivity index (χ0v) is 16.7. The van der Waals surface area contributed by atoms with Gasteiger partial charge in [0.2, 0.25) is 0 Å². The number of benzene rings is 2. The van der Waals surface area contributed by atoms with E-state index >= 15 is 0 Å². The molecule has 140 valence electrons. The number of pyridine rings is 1. The van der Waals surface area contributed by atoms with Gasteiger partial charge in [0.1, 0.15) is 11.1 Å². The molecule has 4 rings (SSSR count). The van der Waals surface area contributed by atoms with Crippen LogP contribution in [0.5, 0.6) is 0 Å². The van der Waals surface area contributed by atoms with Crippen molar-refractivity contribution in [3.05, 3.63) is 72.3 Å². The van der Waals surface area contributed by atoms with Crippen LogP contribution in [0.3, 0.4) is 0 Å². The van der Waals surface area contributed by atoms with Crippen molar-refractivity contribution in [2.45, 2.75) is 16.7 Å². The maximum Gasteiger partial charge on any atom is 0.151 e. The lowest BCUT2D eigenvalue weighted by molar-refractivity contribution is 0.602. The smallest absolute Gasteiger partial charge is 0.151 e. The zero-order valence-electron chi connectivity index (χ0n) is 15.1. The van der Waals surface area contributed by atoms with E-state index in [1.807, 2.05) is 66.7 Å². The summed E-state index contributed by atoms with van der Waals surface area (Å²) in [5, 5.41) is 10.4. The lowest BCUT2D eigenvalue weighted by Crippen LogP contribution is -2.07. The minimum absolute atomic E-state index is 0.0701. The molecule has 0 spiro atoms. The number of nitriles is 1. The van der Waals surface area contributed by atoms with Crippen LogP contribution in [0.1, 0.15) is 12.0 Å². The molecule has 1 saturated heterocycles. The first-order chi connectivity index (χ1) is 13.6. The summed E-state index contributed by atoms with van der Waals surface area (Å²) < 4.78 is 23.7. The lowest BCUT2D eigenvalue weighted by Gasteiger charge is -2.14. The van der Waals surface area contributed by atoms with Crippen LogP contribution in [-0.4, -0.2) is 30.2 Å². The van der Waals surface area contributed by atoms with Gasteiger partial charge in [0.05, 0.1) is 22.8 Å². The molecule has 0 radical (unpaired) electrons. The predicted molar refractivity (Wildman–Crippen MR) is 113 cm³/mol. The SMILES string of the molecule is N#Cc1c(-c2ccccc2)cc(-c2ccccc2)nc1SC1CCS(=O)(=O)C1. The highest BCUT2D eigenvalue weighted by Crippen LogP contribution is 2.37. The lowest BCUT2D eigenvalue weighted by atomic mass is 9.99. The Morgan fingerprint density at radius 3 is 2.21 bits per heavy atom. The van der Waals surface area contributed by atoms with Gasteiger partial charge in [-0.1, -0.05) is 60.7 Å². The summed E-state index contributed by atoms with van der Waals surface area (Å²) in [6, 6.07) is 23.8. The van der Waals surface area contributed by atoms with Crippen molar-refractivity contribution in [3.8, 4) is 28.5 Å². The number of nitrogens with zero attached hydrogens (tertiary/aromatic N) is 2. The molecule has 2 aromatic carbocycles. The molecule has 1 atom stereocenters. The summed E-state index contributed by atoms with van der Waals surface area (Å²) in [6.45, 7) is 0. The summed E-state index contributed by atoms with van der Waals surface area (Å²) in [6.07, 6.45) is 0.593. The number of sulfone groups is 1. The standard InChI is InChI=1S/C22H18N2O2S2/c23-14-20-19(16-7-3-1-4-8-16)13-21(17-9-5-2-6-10-17)24-22(20)27-18-11-12-28(25,26)15-18/h1-10,13,18H,11-12,15H2. The second kappa shape index (κ2) is 7.78. The average molecular weight is 407 g/mol. The van der Waals surface area contributed by atoms with Gasteiger partial charge in [-0.2, -0.15) is 5.26 Å². The molecule has 0 aliphatic carbocycles. The molecule has 0 saturated carbocycles. The average Bonchev–Trinajstić information content (AvgIpc) is 3.07. The first-order valence-electron chi connectivity index (χ1n) is 8.99. The number of hydrogen-bond acceptors (Lipinski definition) is 5. The van der Waals surface area contributed by atoms with Crippen LogP contribution in [0.4, 0.5) is 0 Å². The number of rotatable bonds is 4. The molecule has 0 N–H and O–H groups in total. The normalized spacial score (nSPS) is 17.9. The van der Waals surface area contributed by atoms with Gasteiger partial charge in [-0.05, 0) is 18.1 Å². The largest absolute Gasteiger partial charge is 0.240 e. The van der Waals surface area contributed by atoms with Crippen molar-refractivity contribution in [3.63, 3.8) is 0 Å². The summed E-state index contributed by atoms with van der Waals surface area (Å²) >= 11 is 1.41. The maximum atomic E-state index is 11.9. The molecule has 1 aliphatic rings. The molecule has 28 heavy (non-hydrogen) atoms. The number of aromatic nitrogens is 1. The minimum Gasteiger partial charge on any atom is -0.240 e. The fourth-order valence-corrected chi connectivity index (χ4v) is 6.89. The second-order valence-corrected chi connectivity index (χ2v) is 10.2. The van der Waals surface area contributed by atoms with Crippen molar-refractivity contribution in [2.24, 2.45) is 0 Å². The van der Waals surface area contributed by atoms with E-state index in [4.69, 9.17) is 4.98 Å². The highest BCUT2D eigenvalue weighted by atomic mass is 32.2. The van der Waals surface area contributed by atoms with Crippen molar-refractivity contribution >= 4 is 21.6 Å². The Balaban J connectivity index is 1.85. The third-order valence-corrected chi connectivity index (χ3v) is 7.95. The van der Waals surface area contributed by atoms with E-state index < -0.39 is 9.84 Å². The molecule has 6 heteroatoms. The van der Waals surface area contributed by atoms with Crippen LogP contribution in [0.2, 0.25) is 0 Å². The number of thioether (sulfide) groups is 1. The van der Waals surface area contributed by atoms with Crippen molar-refractivity contribution in [2.75, 3.05) is 11.5 Å². The maximum absolute atomic E-state index is 11.9. The Morgan fingerprint density at radius 2 is 1.64 bits per heavy atom. The summed E-state index contributed by atoms with van der Waals surface area (Å²) in [5.41, 5.74) is 4.01. The molecular formula is C22H18N2O2S2. The van der Waals surface area contributed by atoms with E-state index in [2.05, 4.69) is 6.07 Å². The summed E-state index contributed by atoms with van der Waals surface area (Å²) in [7, 11) is -2.99. The second-order valence-electron chi connectivity index (χ2n) is 6.72. The Labute approximate surface area is 169 Å².